The Morgan fingerprint density at radius 1 is 1.40 bits per heavy atom. The Kier molecular flexibility index (Phi) is 4.29. The van der Waals surface area contributed by atoms with Gasteiger partial charge in [-0.3, -0.25) is 0 Å². The first-order valence-corrected chi connectivity index (χ1v) is 5.28. The van der Waals surface area contributed by atoms with E-state index in [1.807, 2.05) is 20.8 Å². The topological polar surface area (TPSA) is 47.0 Å². The van der Waals surface area contributed by atoms with Gasteiger partial charge in [0.15, 0.2) is 5.15 Å². The van der Waals surface area contributed by atoms with E-state index < -0.39 is 0 Å². The maximum Gasteiger partial charge on any atom is 0.151 e. The van der Waals surface area contributed by atoms with Gasteiger partial charge < -0.3 is 10.1 Å². The molecule has 84 valence electrons. The largest absolute Gasteiger partial charge is 0.374 e. The van der Waals surface area contributed by atoms with Gasteiger partial charge in [0.2, 0.25) is 0 Å². The van der Waals surface area contributed by atoms with Crippen molar-refractivity contribution in [2.75, 3.05) is 18.5 Å². The fraction of sp³-hybridized carbons (Fsp3) is 0.600. The highest BCUT2D eigenvalue weighted by molar-refractivity contribution is 6.29. The van der Waals surface area contributed by atoms with E-state index >= 15 is 0 Å². The van der Waals surface area contributed by atoms with Gasteiger partial charge in [-0.15, -0.1) is 10.2 Å². The lowest BCUT2D eigenvalue weighted by molar-refractivity contribution is 0.000634. The SMILES string of the molecule is CCOC(C)(C)CNc1ccc(Cl)nn1. The van der Waals surface area contributed by atoms with Crippen molar-refractivity contribution in [2.24, 2.45) is 0 Å². The second-order valence-corrected chi connectivity index (χ2v) is 4.17. The second kappa shape index (κ2) is 5.28. The van der Waals surface area contributed by atoms with Crippen molar-refractivity contribution >= 4 is 17.4 Å². The predicted molar refractivity (Wildman–Crippen MR) is 61.2 cm³/mol. The summed E-state index contributed by atoms with van der Waals surface area (Å²) in [5.74, 6) is 0.701. The molecule has 0 unspecified atom stereocenters. The zero-order valence-corrected chi connectivity index (χ0v) is 10.0. The van der Waals surface area contributed by atoms with Crippen LogP contribution in [0.2, 0.25) is 5.15 Å². The molecule has 15 heavy (non-hydrogen) atoms. The smallest absolute Gasteiger partial charge is 0.151 e. The number of rotatable bonds is 5. The predicted octanol–water partition coefficient (Wildman–Crippen LogP) is 2.36. The average Bonchev–Trinajstić information content (AvgIpc) is 2.17. The van der Waals surface area contributed by atoms with Crippen molar-refractivity contribution in [3.8, 4) is 0 Å². The van der Waals surface area contributed by atoms with E-state index in [-0.39, 0.29) is 5.60 Å². The van der Waals surface area contributed by atoms with Gasteiger partial charge in [-0.05, 0) is 32.9 Å². The minimum absolute atomic E-state index is 0.212. The molecule has 0 amide bonds. The zero-order valence-electron chi connectivity index (χ0n) is 9.25. The molecule has 1 aromatic heterocycles. The minimum Gasteiger partial charge on any atom is -0.374 e. The molecule has 1 rings (SSSR count). The van der Waals surface area contributed by atoms with Crippen molar-refractivity contribution < 1.29 is 4.74 Å². The summed E-state index contributed by atoms with van der Waals surface area (Å²) in [6, 6.07) is 3.49. The molecule has 1 N–H and O–H groups in total. The molecule has 0 aromatic carbocycles. The molecule has 0 saturated carbocycles. The summed E-state index contributed by atoms with van der Waals surface area (Å²) in [7, 11) is 0. The zero-order chi connectivity index (χ0) is 11.3. The van der Waals surface area contributed by atoms with Crippen molar-refractivity contribution in [3.05, 3.63) is 17.3 Å². The van der Waals surface area contributed by atoms with Crippen molar-refractivity contribution in [1.29, 1.82) is 0 Å². The lowest BCUT2D eigenvalue weighted by Crippen LogP contribution is -2.33. The van der Waals surface area contributed by atoms with Gasteiger partial charge in [0, 0.05) is 13.2 Å². The van der Waals surface area contributed by atoms with Crippen LogP contribution in [0.5, 0.6) is 0 Å². The Labute approximate surface area is 95.0 Å². The summed E-state index contributed by atoms with van der Waals surface area (Å²) in [5, 5.41) is 11.2. The molecule has 0 aliphatic carbocycles. The van der Waals surface area contributed by atoms with Gasteiger partial charge in [0.25, 0.3) is 0 Å². The molecule has 1 aromatic rings. The summed E-state index contributed by atoms with van der Waals surface area (Å²) >= 11 is 5.63. The fourth-order valence-electron chi connectivity index (χ4n) is 1.16. The molecular weight excluding hydrogens is 214 g/mol. The van der Waals surface area contributed by atoms with Gasteiger partial charge in [0.1, 0.15) is 5.82 Å². The quantitative estimate of drug-likeness (QED) is 0.842. The number of nitrogens with one attached hydrogen (secondary N) is 1. The van der Waals surface area contributed by atoms with E-state index in [0.717, 1.165) is 0 Å². The monoisotopic (exact) mass is 229 g/mol. The molecule has 0 aliphatic rings. The Hall–Kier alpha value is -0.870. The summed E-state index contributed by atoms with van der Waals surface area (Å²) in [6.45, 7) is 7.39. The second-order valence-electron chi connectivity index (χ2n) is 3.79. The van der Waals surface area contributed by atoms with E-state index in [2.05, 4.69) is 15.5 Å². The molecule has 0 spiro atoms. The Balaban J connectivity index is 2.46. The van der Waals surface area contributed by atoms with Crippen molar-refractivity contribution in [2.45, 2.75) is 26.4 Å². The molecule has 5 heteroatoms. The lowest BCUT2D eigenvalue weighted by atomic mass is 10.1. The summed E-state index contributed by atoms with van der Waals surface area (Å²) in [5.41, 5.74) is -0.212. The normalized spacial score (nSPS) is 11.5. The van der Waals surface area contributed by atoms with E-state index in [9.17, 15) is 0 Å². The highest BCUT2D eigenvalue weighted by Crippen LogP contribution is 2.11. The number of hydrogen-bond donors (Lipinski definition) is 1. The number of ether oxygens (including phenoxy) is 1. The number of halogens is 1. The van der Waals surface area contributed by atoms with Crippen LogP contribution < -0.4 is 5.32 Å². The molecule has 1 heterocycles. The standard InChI is InChI=1S/C10H16ClN3O/c1-4-15-10(2,3)7-12-9-6-5-8(11)13-14-9/h5-6H,4,7H2,1-3H3,(H,12,14). The third-order valence-corrected chi connectivity index (χ3v) is 2.06. The third kappa shape index (κ3) is 4.44. The molecule has 4 nitrogen and oxygen atoms in total. The maximum absolute atomic E-state index is 5.63. The third-order valence-electron chi connectivity index (χ3n) is 1.86. The van der Waals surface area contributed by atoms with Gasteiger partial charge in [0.05, 0.1) is 5.60 Å². The van der Waals surface area contributed by atoms with Crippen LogP contribution in [0.4, 0.5) is 5.82 Å². The van der Waals surface area contributed by atoms with E-state index in [1.165, 1.54) is 0 Å². The summed E-state index contributed by atoms with van der Waals surface area (Å²) in [4.78, 5) is 0. The van der Waals surface area contributed by atoms with Gasteiger partial charge in [-0.2, -0.15) is 0 Å². The first-order valence-electron chi connectivity index (χ1n) is 4.90. The number of nitrogens with zero attached hydrogens (tertiary/aromatic N) is 2. The maximum atomic E-state index is 5.63. The fourth-order valence-corrected chi connectivity index (χ4v) is 1.26. The number of hydrogen-bond acceptors (Lipinski definition) is 4. The molecule has 0 aliphatic heterocycles. The van der Waals surface area contributed by atoms with E-state index in [0.29, 0.717) is 24.1 Å². The van der Waals surface area contributed by atoms with Crippen LogP contribution in [0.25, 0.3) is 0 Å². The van der Waals surface area contributed by atoms with Gasteiger partial charge >= 0.3 is 0 Å². The molecule has 0 atom stereocenters. The highest BCUT2D eigenvalue weighted by Gasteiger charge is 2.17. The molecule has 0 fully saturated rings. The van der Waals surface area contributed by atoms with Crippen LogP contribution in [0, 0.1) is 0 Å². The first kappa shape index (κ1) is 12.2. The van der Waals surface area contributed by atoms with Crippen molar-refractivity contribution in [1.82, 2.24) is 10.2 Å². The molecular formula is C10H16ClN3O. The van der Waals surface area contributed by atoms with Crippen LogP contribution >= 0.6 is 11.6 Å². The van der Waals surface area contributed by atoms with E-state index in [1.54, 1.807) is 12.1 Å². The Morgan fingerprint density at radius 3 is 2.67 bits per heavy atom. The Bertz CT molecular complexity index is 300. The summed E-state index contributed by atoms with van der Waals surface area (Å²) < 4.78 is 5.54. The summed E-state index contributed by atoms with van der Waals surface area (Å²) in [6.07, 6.45) is 0. The minimum atomic E-state index is -0.212. The number of anilines is 1. The highest BCUT2D eigenvalue weighted by atomic mass is 35.5. The van der Waals surface area contributed by atoms with Crippen LogP contribution in [0.3, 0.4) is 0 Å². The van der Waals surface area contributed by atoms with E-state index in [4.69, 9.17) is 16.3 Å². The lowest BCUT2D eigenvalue weighted by Gasteiger charge is -2.24. The van der Waals surface area contributed by atoms with Crippen LogP contribution in [0.15, 0.2) is 12.1 Å². The van der Waals surface area contributed by atoms with Gasteiger partial charge in [-0.25, -0.2) is 0 Å². The van der Waals surface area contributed by atoms with Crippen LogP contribution in [-0.4, -0.2) is 29.0 Å². The van der Waals surface area contributed by atoms with Crippen LogP contribution in [-0.2, 0) is 4.74 Å². The first-order chi connectivity index (χ1) is 7.03. The Morgan fingerprint density at radius 2 is 2.13 bits per heavy atom. The van der Waals surface area contributed by atoms with Gasteiger partial charge in [-0.1, -0.05) is 11.6 Å². The molecule has 0 radical (unpaired) electrons. The average molecular weight is 230 g/mol. The van der Waals surface area contributed by atoms with Crippen molar-refractivity contribution in [3.63, 3.8) is 0 Å². The molecule has 0 bridgehead atoms. The number of aromatic nitrogens is 2. The van der Waals surface area contributed by atoms with Crippen LogP contribution in [0.1, 0.15) is 20.8 Å². The molecule has 0 saturated heterocycles.